The van der Waals surface area contributed by atoms with Crippen molar-refractivity contribution >= 4 is 17.6 Å². The topological polar surface area (TPSA) is 42.2 Å². The van der Waals surface area contributed by atoms with Gasteiger partial charge in [0.25, 0.3) is 0 Å². The molecule has 3 nitrogen and oxygen atoms in total. The van der Waals surface area contributed by atoms with E-state index in [0.29, 0.717) is 5.56 Å². The molecule has 28 heavy (non-hydrogen) atoms. The first-order chi connectivity index (χ1) is 13.1. The fourth-order valence-corrected chi connectivity index (χ4v) is 3.38. The Bertz CT molecular complexity index is 1040. The van der Waals surface area contributed by atoms with E-state index in [4.69, 9.17) is 11.6 Å². The van der Waals surface area contributed by atoms with Gasteiger partial charge in [0.15, 0.2) is 0 Å². The van der Waals surface area contributed by atoms with Gasteiger partial charge in [0.2, 0.25) is 0 Å². The van der Waals surface area contributed by atoms with Crippen LogP contribution in [-0.4, -0.2) is 15.6 Å². The predicted molar refractivity (Wildman–Crippen MR) is 97.1 cm³/mol. The van der Waals surface area contributed by atoms with Gasteiger partial charge < -0.3 is 9.67 Å². The molecule has 0 aliphatic heterocycles. The summed E-state index contributed by atoms with van der Waals surface area (Å²) in [6.45, 7) is 0.882. The summed E-state index contributed by atoms with van der Waals surface area (Å²) in [4.78, 5) is 11.9. The lowest BCUT2D eigenvalue weighted by Crippen LogP contribution is -2.19. The Kier molecular flexibility index (Phi) is 5.21. The molecule has 146 valence electrons. The number of carboxylic acid groups (broad SMARTS) is 1. The number of halogens is 5. The number of alkyl halides is 3. The van der Waals surface area contributed by atoms with Gasteiger partial charge in [-0.2, -0.15) is 13.2 Å². The van der Waals surface area contributed by atoms with E-state index in [-0.39, 0.29) is 28.3 Å². The van der Waals surface area contributed by atoms with Crippen LogP contribution in [0.1, 0.15) is 27.3 Å². The zero-order chi connectivity index (χ0) is 20.6. The molecule has 0 fully saturated rings. The number of carbonyl (C=O) groups is 1. The van der Waals surface area contributed by atoms with E-state index < -0.39 is 29.4 Å². The first-order valence-corrected chi connectivity index (χ1v) is 8.52. The minimum atomic E-state index is -4.80. The molecule has 1 N–H and O–H groups in total. The van der Waals surface area contributed by atoms with Gasteiger partial charge in [-0.3, -0.25) is 0 Å². The zero-order valence-electron chi connectivity index (χ0n) is 14.5. The first-order valence-electron chi connectivity index (χ1n) is 8.14. The summed E-state index contributed by atoms with van der Waals surface area (Å²) in [5, 5.41) is 9.50. The first kappa shape index (κ1) is 19.9. The smallest absolute Gasteiger partial charge is 0.431 e. The second-order valence-electron chi connectivity index (χ2n) is 6.20. The van der Waals surface area contributed by atoms with Gasteiger partial charge in [-0.1, -0.05) is 48.0 Å². The molecule has 0 aliphatic rings. The molecule has 1 heterocycles. The molecule has 3 aromatic rings. The molecule has 0 spiro atoms. The zero-order valence-corrected chi connectivity index (χ0v) is 15.3. The van der Waals surface area contributed by atoms with E-state index >= 15 is 0 Å². The van der Waals surface area contributed by atoms with Crippen LogP contribution in [-0.2, 0) is 12.7 Å². The van der Waals surface area contributed by atoms with Crippen molar-refractivity contribution in [3.63, 3.8) is 0 Å². The number of aromatic carboxylic acids is 1. The Morgan fingerprint density at radius 1 is 1.14 bits per heavy atom. The van der Waals surface area contributed by atoms with Crippen LogP contribution in [0.5, 0.6) is 0 Å². The third-order valence-corrected chi connectivity index (χ3v) is 4.68. The highest BCUT2D eigenvalue weighted by atomic mass is 35.5. The fourth-order valence-electron chi connectivity index (χ4n) is 3.26. The summed E-state index contributed by atoms with van der Waals surface area (Å²) < 4.78 is 56.1. The molecule has 0 saturated carbocycles. The Balaban J connectivity index is 2.34. The lowest BCUT2D eigenvalue weighted by molar-refractivity contribution is -0.143. The highest BCUT2D eigenvalue weighted by molar-refractivity contribution is 6.30. The number of benzene rings is 2. The molecule has 8 heteroatoms. The summed E-state index contributed by atoms with van der Waals surface area (Å²) in [6, 6.07) is 11.6. The van der Waals surface area contributed by atoms with Gasteiger partial charge >= 0.3 is 12.1 Å². The van der Waals surface area contributed by atoms with E-state index in [0.717, 1.165) is 10.6 Å². The Morgan fingerprint density at radius 3 is 2.32 bits per heavy atom. The molecule has 0 aliphatic carbocycles. The van der Waals surface area contributed by atoms with Crippen LogP contribution < -0.4 is 0 Å². The molecule has 0 atom stereocenters. The summed E-state index contributed by atoms with van der Waals surface area (Å²) in [6.07, 6.45) is -4.80. The lowest BCUT2D eigenvalue weighted by Gasteiger charge is -2.15. The van der Waals surface area contributed by atoms with Crippen molar-refractivity contribution in [2.45, 2.75) is 19.6 Å². The van der Waals surface area contributed by atoms with Crippen molar-refractivity contribution in [1.29, 1.82) is 0 Å². The summed E-state index contributed by atoms with van der Waals surface area (Å²) in [7, 11) is 0. The molecule has 0 unspecified atom stereocenters. The molecular weight excluding hydrogens is 398 g/mol. The third kappa shape index (κ3) is 3.62. The molecule has 1 aromatic heterocycles. The van der Waals surface area contributed by atoms with Crippen molar-refractivity contribution < 1.29 is 27.5 Å². The largest absolute Gasteiger partial charge is 0.477 e. The van der Waals surface area contributed by atoms with Gasteiger partial charge in [0.1, 0.15) is 17.2 Å². The van der Waals surface area contributed by atoms with Gasteiger partial charge in [0, 0.05) is 12.1 Å². The number of hydrogen-bond donors (Lipinski definition) is 1. The number of aromatic nitrogens is 1. The average molecular weight is 412 g/mol. The second-order valence-corrected chi connectivity index (χ2v) is 6.61. The maximum absolute atomic E-state index is 13.9. The van der Waals surface area contributed by atoms with Gasteiger partial charge in [-0.25, -0.2) is 9.18 Å². The number of nitrogens with zero attached hydrogens (tertiary/aromatic N) is 1. The maximum atomic E-state index is 13.9. The van der Waals surface area contributed by atoms with Crippen LogP contribution in [0.15, 0.2) is 48.5 Å². The number of hydrogen-bond acceptors (Lipinski definition) is 1. The lowest BCUT2D eigenvalue weighted by atomic mass is 10.0. The Labute approximate surface area is 162 Å². The average Bonchev–Trinajstić information content (AvgIpc) is 2.90. The maximum Gasteiger partial charge on any atom is 0.431 e. The molecule has 0 radical (unpaired) electrons. The quantitative estimate of drug-likeness (QED) is 0.533. The van der Waals surface area contributed by atoms with Crippen LogP contribution in [0.3, 0.4) is 0 Å². The Hall–Kier alpha value is -2.80. The molecule has 0 amide bonds. The van der Waals surface area contributed by atoms with Crippen molar-refractivity contribution in [2.75, 3.05) is 0 Å². The van der Waals surface area contributed by atoms with Crippen molar-refractivity contribution in [3.05, 3.63) is 81.9 Å². The van der Waals surface area contributed by atoms with Crippen molar-refractivity contribution in [2.24, 2.45) is 0 Å². The molecule has 3 rings (SSSR count). The van der Waals surface area contributed by atoms with E-state index in [2.05, 4.69) is 0 Å². The summed E-state index contributed by atoms with van der Waals surface area (Å²) in [5.74, 6) is -2.39. The van der Waals surface area contributed by atoms with E-state index in [1.807, 2.05) is 0 Å². The second kappa shape index (κ2) is 7.31. The fraction of sp³-hybridized carbons (Fsp3) is 0.150. The predicted octanol–water partition coefficient (Wildman–Crippen LogP) is 6.02. The minimum absolute atomic E-state index is 0.00844. The molecule has 0 saturated heterocycles. The van der Waals surface area contributed by atoms with Crippen molar-refractivity contribution in [3.8, 4) is 11.1 Å². The van der Waals surface area contributed by atoms with E-state index in [1.165, 1.54) is 19.1 Å². The van der Waals surface area contributed by atoms with E-state index in [9.17, 15) is 27.5 Å². The van der Waals surface area contributed by atoms with Gasteiger partial charge in [-0.05, 0) is 35.7 Å². The molecular formula is C20H14ClF4NO2. The SMILES string of the molecule is Cc1c(-c2ccc(Cl)c(F)c2)c(C(=O)O)n(Cc2ccccc2)c1C(F)(F)F. The van der Waals surface area contributed by atoms with Crippen LogP contribution in [0, 0.1) is 12.7 Å². The van der Waals surface area contributed by atoms with Gasteiger partial charge in [-0.15, -0.1) is 0 Å². The standard InChI is InChI=1S/C20H14ClF4NO2/c1-11-16(13-7-8-14(21)15(22)9-13)17(19(27)28)26(18(11)20(23,24)25)10-12-5-3-2-4-6-12/h2-9H,10H2,1H3,(H,27,28). The van der Waals surface area contributed by atoms with Crippen LogP contribution >= 0.6 is 11.6 Å². The van der Waals surface area contributed by atoms with Gasteiger partial charge in [0.05, 0.1) is 5.02 Å². The Morgan fingerprint density at radius 2 is 1.79 bits per heavy atom. The number of carboxylic acids is 1. The normalized spacial score (nSPS) is 11.6. The number of rotatable bonds is 4. The van der Waals surface area contributed by atoms with Crippen LogP contribution in [0.25, 0.3) is 11.1 Å². The highest BCUT2D eigenvalue weighted by Crippen LogP contribution is 2.41. The summed E-state index contributed by atoms with van der Waals surface area (Å²) >= 11 is 5.65. The van der Waals surface area contributed by atoms with Crippen LogP contribution in [0.2, 0.25) is 5.02 Å². The summed E-state index contributed by atoms with van der Waals surface area (Å²) in [5.41, 5.74) is -1.61. The van der Waals surface area contributed by atoms with E-state index in [1.54, 1.807) is 30.3 Å². The third-order valence-electron chi connectivity index (χ3n) is 4.37. The minimum Gasteiger partial charge on any atom is -0.477 e. The molecule has 0 bridgehead atoms. The van der Waals surface area contributed by atoms with Crippen LogP contribution in [0.4, 0.5) is 17.6 Å². The highest BCUT2D eigenvalue weighted by Gasteiger charge is 2.41. The van der Waals surface area contributed by atoms with Crippen molar-refractivity contribution in [1.82, 2.24) is 4.57 Å². The monoisotopic (exact) mass is 411 g/mol. The molecule has 2 aromatic carbocycles.